The average Bonchev–Trinajstić information content (AvgIpc) is 3.30. The van der Waals surface area contributed by atoms with Crippen LogP contribution >= 0.6 is 11.6 Å². The Hall–Kier alpha value is -2.62. The minimum Gasteiger partial charge on any atom is -0.336 e. The van der Waals surface area contributed by atoms with Gasteiger partial charge in [0.15, 0.2) is 0 Å². The van der Waals surface area contributed by atoms with E-state index in [1.807, 2.05) is 23.1 Å². The van der Waals surface area contributed by atoms with Gasteiger partial charge in [0, 0.05) is 35.6 Å². The van der Waals surface area contributed by atoms with E-state index in [0.29, 0.717) is 28.5 Å². The summed E-state index contributed by atoms with van der Waals surface area (Å²) in [5.74, 6) is 1.04. The summed E-state index contributed by atoms with van der Waals surface area (Å²) < 4.78 is 0. The Morgan fingerprint density at radius 1 is 0.781 bits per heavy atom. The van der Waals surface area contributed by atoms with Gasteiger partial charge in [0.05, 0.1) is 0 Å². The van der Waals surface area contributed by atoms with E-state index in [4.69, 9.17) is 11.6 Å². The second kappa shape index (κ2) is 9.48. The zero-order chi connectivity index (χ0) is 21.9. The summed E-state index contributed by atoms with van der Waals surface area (Å²) in [7, 11) is 0. The Morgan fingerprint density at radius 3 is 2.09 bits per heavy atom. The lowest BCUT2D eigenvalue weighted by Crippen LogP contribution is -2.45. The molecule has 3 nitrogen and oxygen atoms in total. The van der Waals surface area contributed by atoms with Crippen LogP contribution in [-0.4, -0.2) is 47.9 Å². The van der Waals surface area contributed by atoms with Gasteiger partial charge >= 0.3 is 0 Å². The lowest BCUT2D eigenvalue weighted by atomic mass is 9.87. The largest absolute Gasteiger partial charge is 0.336 e. The van der Waals surface area contributed by atoms with Crippen LogP contribution in [0.3, 0.4) is 0 Å². The Bertz CT molecular complexity index is 1050. The molecule has 0 bridgehead atoms. The molecule has 2 aliphatic rings. The Kier molecular flexibility index (Phi) is 6.29. The maximum Gasteiger partial charge on any atom is 0.253 e. The molecule has 0 aliphatic carbocycles. The number of hydrogen-bond donors (Lipinski definition) is 0. The Labute approximate surface area is 195 Å². The summed E-state index contributed by atoms with van der Waals surface area (Å²) in [6.45, 7) is 3.67. The maximum atomic E-state index is 13.3. The average molecular weight is 445 g/mol. The minimum absolute atomic E-state index is 0.0788. The van der Waals surface area contributed by atoms with E-state index in [1.54, 1.807) is 6.07 Å². The molecule has 0 spiro atoms. The number of benzene rings is 3. The van der Waals surface area contributed by atoms with Crippen LogP contribution in [-0.2, 0) is 0 Å². The van der Waals surface area contributed by atoms with Crippen molar-refractivity contribution in [3.05, 3.63) is 107 Å². The van der Waals surface area contributed by atoms with Gasteiger partial charge < -0.3 is 4.90 Å². The summed E-state index contributed by atoms with van der Waals surface area (Å²) in [6, 6.07) is 29.2. The number of rotatable bonds is 4. The molecule has 0 aromatic heterocycles. The second-order valence-electron chi connectivity index (χ2n) is 9.03. The van der Waals surface area contributed by atoms with E-state index in [-0.39, 0.29) is 5.91 Å². The molecule has 2 atom stereocenters. The molecule has 5 rings (SSSR count). The van der Waals surface area contributed by atoms with Crippen molar-refractivity contribution in [3.63, 3.8) is 0 Å². The first-order valence-electron chi connectivity index (χ1n) is 11.6. The van der Waals surface area contributed by atoms with Crippen molar-refractivity contribution in [2.45, 2.75) is 30.7 Å². The molecule has 2 aliphatic heterocycles. The SMILES string of the molecule is O=C(c1cccc(Cl)c1)N1C[C@H](c2ccccc2)[C@@H](N2CCC(c3ccccc3)CC2)C1. The van der Waals surface area contributed by atoms with E-state index >= 15 is 0 Å². The molecule has 3 aromatic rings. The number of nitrogens with zero attached hydrogens (tertiary/aromatic N) is 2. The highest BCUT2D eigenvalue weighted by molar-refractivity contribution is 6.30. The molecule has 0 N–H and O–H groups in total. The standard InChI is InChI=1S/C28H29ClN2O/c29-25-13-7-12-24(18-25)28(32)31-19-26(23-10-5-2-6-11-23)27(20-31)30-16-14-22(15-17-30)21-8-3-1-4-9-21/h1-13,18,22,26-27H,14-17,19-20H2/t26-,27+/m1/s1. The predicted octanol–water partition coefficient (Wildman–Crippen LogP) is 5.83. The lowest BCUT2D eigenvalue weighted by molar-refractivity contribution is 0.0769. The lowest BCUT2D eigenvalue weighted by Gasteiger charge is -2.38. The predicted molar refractivity (Wildman–Crippen MR) is 130 cm³/mol. The molecule has 3 aromatic carbocycles. The number of carbonyl (C=O) groups excluding carboxylic acids is 1. The molecule has 1 amide bonds. The van der Waals surface area contributed by atoms with Crippen molar-refractivity contribution in [1.29, 1.82) is 0 Å². The molecule has 0 unspecified atom stereocenters. The van der Waals surface area contributed by atoms with Gasteiger partial charge in [-0.2, -0.15) is 0 Å². The topological polar surface area (TPSA) is 23.6 Å². The molecule has 2 heterocycles. The fourth-order valence-electron chi connectivity index (χ4n) is 5.44. The Balaban J connectivity index is 1.34. The third-order valence-corrected chi connectivity index (χ3v) is 7.38. The molecule has 2 saturated heterocycles. The van der Waals surface area contributed by atoms with Crippen LogP contribution in [0.4, 0.5) is 0 Å². The smallest absolute Gasteiger partial charge is 0.253 e. The van der Waals surface area contributed by atoms with Crippen molar-refractivity contribution in [3.8, 4) is 0 Å². The zero-order valence-corrected chi connectivity index (χ0v) is 19.0. The van der Waals surface area contributed by atoms with Crippen LogP contribution in [0.5, 0.6) is 0 Å². The van der Waals surface area contributed by atoms with Gasteiger partial charge in [-0.15, -0.1) is 0 Å². The van der Waals surface area contributed by atoms with Crippen molar-refractivity contribution in [2.75, 3.05) is 26.2 Å². The highest BCUT2D eigenvalue weighted by atomic mass is 35.5. The van der Waals surface area contributed by atoms with Crippen molar-refractivity contribution < 1.29 is 4.79 Å². The van der Waals surface area contributed by atoms with Crippen LogP contribution in [0.1, 0.15) is 46.2 Å². The molecule has 2 fully saturated rings. The van der Waals surface area contributed by atoms with Gasteiger partial charge in [-0.3, -0.25) is 9.69 Å². The molecule has 0 radical (unpaired) electrons. The van der Waals surface area contributed by atoms with Crippen LogP contribution < -0.4 is 0 Å². The zero-order valence-electron chi connectivity index (χ0n) is 18.2. The third-order valence-electron chi connectivity index (χ3n) is 7.15. The van der Waals surface area contributed by atoms with E-state index in [1.165, 1.54) is 24.0 Å². The summed E-state index contributed by atoms with van der Waals surface area (Å²) in [6.07, 6.45) is 2.34. The van der Waals surface area contributed by atoms with Crippen molar-refractivity contribution in [2.24, 2.45) is 0 Å². The van der Waals surface area contributed by atoms with Gasteiger partial charge in [0.1, 0.15) is 0 Å². The first-order valence-corrected chi connectivity index (χ1v) is 12.0. The van der Waals surface area contributed by atoms with Crippen LogP contribution in [0.2, 0.25) is 5.02 Å². The quantitative estimate of drug-likeness (QED) is 0.505. The summed E-state index contributed by atoms with van der Waals surface area (Å²) in [5.41, 5.74) is 3.45. The van der Waals surface area contributed by atoms with Gasteiger partial charge in [0.25, 0.3) is 5.91 Å². The monoisotopic (exact) mass is 444 g/mol. The number of hydrogen-bond acceptors (Lipinski definition) is 2. The number of likely N-dealkylation sites (tertiary alicyclic amines) is 2. The first kappa shape index (κ1) is 21.2. The summed E-state index contributed by atoms with van der Waals surface area (Å²) >= 11 is 6.16. The summed E-state index contributed by atoms with van der Waals surface area (Å²) in [5, 5.41) is 0.606. The third kappa shape index (κ3) is 4.46. The number of carbonyl (C=O) groups is 1. The minimum atomic E-state index is 0.0788. The van der Waals surface area contributed by atoms with E-state index in [0.717, 1.165) is 26.2 Å². The van der Waals surface area contributed by atoms with E-state index < -0.39 is 0 Å². The van der Waals surface area contributed by atoms with Crippen LogP contribution in [0, 0.1) is 0 Å². The van der Waals surface area contributed by atoms with Gasteiger partial charge in [-0.25, -0.2) is 0 Å². The van der Waals surface area contributed by atoms with Gasteiger partial charge in [-0.05, 0) is 61.2 Å². The van der Waals surface area contributed by atoms with Crippen LogP contribution in [0.15, 0.2) is 84.9 Å². The fourth-order valence-corrected chi connectivity index (χ4v) is 5.63. The summed E-state index contributed by atoms with van der Waals surface area (Å²) in [4.78, 5) is 17.9. The molecule has 0 saturated carbocycles. The van der Waals surface area contributed by atoms with Gasteiger partial charge in [-0.1, -0.05) is 78.3 Å². The van der Waals surface area contributed by atoms with Crippen molar-refractivity contribution in [1.82, 2.24) is 9.80 Å². The highest BCUT2D eigenvalue weighted by Crippen LogP contribution is 2.36. The van der Waals surface area contributed by atoms with E-state index in [2.05, 4.69) is 65.6 Å². The molecule has 4 heteroatoms. The van der Waals surface area contributed by atoms with Gasteiger partial charge in [0.2, 0.25) is 0 Å². The highest BCUT2D eigenvalue weighted by Gasteiger charge is 2.40. The normalized spacial score (nSPS) is 22.2. The molecular formula is C28H29ClN2O. The van der Waals surface area contributed by atoms with E-state index in [9.17, 15) is 4.79 Å². The first-order chi connectivity index (χ1) is 15.7. The molecule has 32 heavy (non-hydrogen) atoms. The second-order valence-corrected chi connectivity index (χ2v) is 9.46. The van der Waals surface area contributed by atoms with Crippen LogP contribution in [0.25, 0.3) is 0 Å². The maximum absolute atomic E-state index is 13.3. The number of piperidine rings is 1. The van der Waals surface area contributed by atoms with Crippen molar-refractivity contribution >= 4 is 17.5 Å². The molecule has 164 valence electrons. The molecular weight excluding hydrogens is 416 g/mol. The number of amides is 1. The Morgan fingerprint density at radius 2 is 1.44 bits per heavy atom. The number of halogens is 1. The fraction of sp³-hybridized carbons (Fsp3) is 0.321.